The Hall–Kier alpha value is -3.54. The van der Waals surface area contributed by atoms with Gasteiger partial charge in [-0.15, -0.1) is 0 Å². The van der Waals surface area contributed by atoms with E-state index in [-0.39, 0.29) is 6.04 Å². The fraction of sp³-hybridized carbons (Fsp3) is 0.292. The number of ether oxygens (including phenoxy) is 2. The highest BCUT2D eigenvalue weighted by Crippen LogP contribution is 2.39. The van der Waals surface area contributed by atoms with E-state index in [0.29, 0.717) is 23.6 Å². The van der Waals surface area contributed by atoms with Gasteiger partial charge in [0.1, 0.15) is 6.29 Å². The van der Waals surface area contributed by atoms with E-state index in [9.17, 15) is 4.79 Å². The van der Waals surface area contributed by atoms with E-state index in [0.717, 1.165) is 42.1 Å². The molecule has 1 aliphatic heterocycles. The molecule has 0 fully saturated rings. The lowest BCUT2D eigenvalue weighted by Gasteiger charge is -2.37. The van der Waals surface area contributed by atoms with E-state index >= 15 is 0 Å². The molecule has 0 N–H and O–H groups in total. The van der Waals surface area contributed by atoms with Crippen LogP contribution in [0.1, 0.15) is 33.1 Å². The summed E-state index contributed by atoms with van der Waals surface area (Å²) in [7, 11) is 3.26. The molecule has 0 aliphatic carbocycles. The molecule has 3 aromatic rings. The lowest BCUT2D eigenvalue weighted by atomic mass is 9.91. The minimum Gasteiger partial charge on any atom is -0.493 e. The van der Waals surface area contributed by atoms with Crippen LogP contribution in [0.25, 0.3) is 21.2 Å². The van der Waals surface area contributed by atoms with E-state index < -0.39 is 0 Å². The Morgan fingerprint density at radius 2 is 1.84 bits per heavy atom. The van der Waals surface area contributed by atoms with Gasteiger partial charge in [-0.05, 0) is 63.7 Å². The molecule has 0 bridgehead atoms. The summed E-state index contributed by atoms with van der Waals surface area (Å²) in [5.41, 5.74) is 13.1. The number of rotatable bonds is 7. The van der Waals surface area contributed by atoms with Crippen molar-refractivity contribution in [1.29, 1.82) is 0 Å². The minimum atomic E-state index is -0.0485. The number of hydrogen-bond donors (Lipinski definition) is 0. The molecule has 1 atom stereocenters. The van der Waals surface area contributed by atoms with Crippen molar-refractivity contribution in [2.24, 2.45) is 5.11 Å². The Labute approximate surface area is 180 Å². The summed E-state index contributed by atoms with van der Waals surface area (Å²) < 4.78 is 11.0. The Morgan fingerprint density at radius 3 is 2.58 bits per heavy atom. The lowest BCUT2D eigenvalue weighted by molar-refractivity contribution is 0.112. The Balaban J connectivity index is 1.67. The van der Waals surface area contributed by atoms with Crippen LogP contribution >= 0.6 is 0 Å². The van der Waals surface area contributed by atoms with Gasteiger partial charge in [-0.2, -0.15) is 0 Å². The van der Waals surface area contributed by atoms with Gasteiger partial charge in [0.05, 0.1) is 14.2 Å². The summed E-state index contributed by atoms with van der Waals surface area (Å²) in [4.78, 5) is 16.4. The van der Waals surface area contributed by atoms with Gasteiger partial charge in [0.25, 0.3) is 0 Å². The van der Waals surface area contributed by atoms with Gasteiger partial charge < -0.3 is 9.47 Å². The second-order valence-electron chi connectivity index (χ2n) is 7.61. The predicted octanol–water partition coefficient (Wildman–Crippen LogP) is 5.08. The van der Waals surface area contributed by atoms with Crippen LogP contribution in [0.3, 0.4) is 0 Å². The molecule has 4 rings (SSSR count). The average Bonchev–Trinajstić information content (AvgIpc) is 2.81. The summed E-state index contributed by atoms with van der Waals surface area (Å²) in [6.45, 7) is 1.91. The fourth-order valence-corrected chi connectivity index (χ4v) is 4.32. The van der Waals surface area contributed by atoms with Crippen LogP contribution < -0.4 is 9.47 Å². The van der Waals surface area contributed by atoms with Crippen LogP contribution in [0.2, 0.25) is 0 Å². The maximum Gasteiger partial charge on any atom is 0.161 e. The number of azide groups is 1. The highest BCUT2D eigenvalue weighted by atomic mass is 16.5. The zero-order valence-electron chi connectivity index (χ0n) is 17.6. The topological polar surface area (TPSA) is 87.5 Å². The van der Waals surface area contributed by atoms with Crippen LogP contribution in [0.4, 0.5) is 0 Å². The normalized spacial score (nSPS) is 15.7. The molecule has 7 nitrogen and oxygen atoms in total. The maximum atomic E-state index is 11.0. The van der Waals surface area contributed by atoms with Crippen LogP contribution in [0.5, 0.6) is 11.5 Å². The molecule has 0 saturated heterocycles. The lowest BCUT2D eigenvalue weighted by Crippen LogP contribution is -2.36. The molecule has 0 aromatic heterocycles. The number of fused-ring (bicyclic) bond motifs is 2. The zero-order chi connectivity index (χ0) is 21.8. The van der Waals surface area contributed by atoms with E-state index in [4.69, 9.17) is 15.0 Å². The van der Waals surface area contributed by atoms with Crippen molar-refractivity contribution in [3.05, 3.63) is 81.2 Å². The second-order valence-corrected chi connectivity index (χ2v) is 7.61. The standard InChI is InChI=1S/C24H24N4O3/c1-30-23-11-20-7-8-28(22(13-26-27-25)21(20)12-24(23)31-2)14-16-3-5-19-10-17(15-29)4-6-18(19)9-16/h3-6,9-12,15,22H,7-8,13-14H2,1-2H3. The third kappa shape index (κ3) is 4.19. The Bertz CT molecular complexity index is 1170. The summed E-state index contributed by atoms with van der Waals surface area (Å²) >= 11 is 0. The van der Waals surface area contributed by atoms with E-state index in [2.05, 4.69) is 27.1 Å². The van der Waals surface area contributed by atoms with E-state index in [1.165, 1.54) is 11.1 Å². The number of nitrogens with zero attached hydrogens (tertiary/aromatic N) is 4. The number of carbonyl (C=O) groups is 1. The van der Waals surface area contributed by atoms with Crippen LogP contribution in [0.15, 0.2) is 53.6 Å². The number of aldehydes is 1. The fourth-order valence-electron chi connectivity index (χ4n) is 4.32. The summed E-state index contributed by atoms with van der Waals surface area (Å²) in [6, 6.07) is 16.0. The molecule has 0 amide bonds. The van der Waals surface area contributed by atoms with Crippen molar-refractivity contribution < 1.29 is 14.3 Å². The molecule has 1 unspecified atom stereocenters. The summed E-state index contributed by atoms with van der Waals surface area (Å²) in [5.74, 6) is 1.38. The minimum absolute atomic E-state index is 0.0485. The second kappa shape index (κ2) is 9.08. The number of benzene rings is 3. The van der Waals surface area contributed by atoms with Crippen molar-refractivity contribution in [2.45, 2.75) is 19.0 Å². The first-order valence-electron chi connectivity index (χ1n) is 10.1. The Morgan fingerprint density at radius 1 is 1.10 bits per heavy atom. The number of methoxy groups -OCH3 is 2. The quantitative estimate of drug-likeness (QED) is 0.233. The average molecular weight is 416 g/mol. The highest BCUT2D eigenvalue weighted by Gasteiger charge is 2.28. The first-order valence-corrected chi connectivity index (χ1v) is 10.1. The van der Waals surface area contributed by atoms with Crippen molar-refractivity contribution in [2.75, 3.05) is 27.3 Å². The SMILES string of the molecule is COc1cc2c(cc1OC)C(CN=[N+]=[N-])N(Cc1ccc3cc(C=O)ccc3c1)CC2. The van der Waals surface area contributed by atoms with Crippen LogP contribution in [-0.4, -0.2) is 38.5 Å². The molecular formula is C24H24N4O3. The molecule has 1 aliphatic rings. The number of hydrogen-bond acceptors (Lipinski definition) is 5. The molecule has 1 heterocycles. The maximum absolute atomic E-state index is 11.0. The molecular weight excluding hydrogens is 392 g/mol. The van der Waals surface area contributed by atoms with Crippen molar-refractivity contribution in [1.82, 2.24) is 4.90 Å². The van der Waals surface area contributed by atoms with Gasteiger partial charge in [-0.25, -0.2) is 0 Å². The van der Waals surface area contributed by atoms with Gasteiger partial charge in [0.15, 0.2) is 11.5 Å². The zero-order valence-corrected chi connectivity index (χ0v) is 17.6. The largest absolute Gasteiger partial charge is 0.493 e. The van der Waals surface area contributed by atoms with E-state index in [1.807, 2.05) is 36.4 Å². The van der Waals surface area contributed by atoms with Gasteiger partial charge >= 0.3 is 0 Å². The predicted molar refractivity (Wildman–Crippen MR) is 120 cm³/mol. The molecule has 0 spiro atoms. The first kappa shape index (κ1) is 20.7. The van der Waals surface area contributed by atoms with Crippen LogP contribution in [-0.2, 0) is 13.0 Å². The van der Waals surface area contributed by atoms with Gasteiger partial charge in [-0.3, -0.25) is 9.69 Å². The van der Waals surface area contributed by atoms with Crippen LogP contribution in [0, 0.1) is 0 Å². The summed E-state index contributed by atoms with van der Waals surface area (Å²) in [5, 5.41) is 6.02. The van der Waals surface area contributed by atoms with E-state index in [1.54, 1.807) is 14.2 Å². The van der Waals surface area contributed by atoms with Crippen molar-refractivity contribution in [3.63, 3.8) is 0 Å². The number of carbonyl (C=O) groups excluding carboxylic acids is 1. The third-order valence-corrected chi connectivity index (χ3v) is 5.88. The smallest absolute Gasteiger partial charge is 0.161 e. The third-order valence-electron chi connectivity index (χ3n) is 5.88. The molecule has 0 saturated carbocycles. The first-order chi connectivity index (χ1) is 15.2. The Kier molecular flexibility index (Phi) is 6.07. The highest BCUT2D eigenvalue weighted by molar-refractivity contribution is 5.89. The van der Waals surface area contributed by atoms with Gasteiger partial charge in [0, 0.05) is 36.2 Å². The molecule has 3 aromatic carbocycles. The molecule has 158 valence electrons. The molecule has 7 heteroatoms. The van der Waals surface area contributed by atoms with Gasteiger partial charge in [0.2, 0.25) is 0 Å². The van der Waals surface area contributed by atoms with Crippen molar-refractivity contribution in [3.8, 4) is 11.5 Å². The molecule has 0 radical (unpaired) electrons. The monoisotopic (exact) mass is 416 g/mol. The molecule has 31 heavy (non-hydrogen) atoms. The summed E-state index contributed by atoms with van der Waals surface area (Å²) in [6.07, 6.45) is 1.74. The van der Waals surface area contributed by atoms with Gasteiger partial charge in [-0.1, -0.05) is 29.4 Å². The van der Waals surface area contributed by atoms with Crippen molar-refractivity contribution >= 4 is 17.1 Å².